The van der Waals surface area contributed by atoms with Crippen LogP contribution in [-0.2, 0) is 11.2 Å². The van der Waals surface area contributed by atoms with Crippen molar-refractivity contribution in [3.05, 3.63) is 29.3 Å². The molecule has 0 radical (unpaired) electrons. The smallest absolute Gasteiger partial charge is 0.443 e. The third-order valence-corrected chi connectivity index (χ3v) is 3.16. The number of amides is 1. The number of benzene rings is 1. The normalized spacial score (nSPS) is 17.1. The van der Waals surface area contributed by atoms with Crippen LogP contribution in [0.4, 0.5) is 10.5 Å². The zero-order valence-electron chi connectivity index (χ0n) is 12.2. The van der Waals surface area contributed by atoms with Gasteiger partial charge < -0.3 is 14.8 Å². The average Bonchev–Trinajstić information content (AvgIpc) is 2.74. The Morgan fingerprint density at radius 3 is 2.67 bits per heavy atom. The molecule has 0 saturated carbocycles. The van der Waals surface area contributed by atoms with Gasteiger partial charge in [-0.25, -0.2) is 4.79 Å². The fourth-order valence-electron chi connectivity index (χ4n) is 2.33. The van der Waals surface area contributed by atoms with Crippen molar-refractivity contribution in [2.45, 2.75) is 38.7 Å². The number of rotatable bonds is 1. The lowest BCUT2D eigenvalue weighted by atomic mass is 9.77. The van der Waals surface area contributed by atoms with Gasteiger partial charge in [-0.2, -0.15) is 5.26 Å². The maximum absolute atomic E-state index is 12.3. The predicted molar refractivity (Wildman–Crippen MR) is 77.6 cm³/mol. The lowest BCUT2D eigenvalue weighted by Crippen LogP contribution is -2.49. The topological polar surface area (TPSA) is 93.8 Å². The van der Waals surface area contributed by atoms with Crippen molar-refractivity contribution in [1.82, 2.24) is 0 Å². The molecule has 0 fully saturated rings. The van der Waals surface area contributed by atoms with E-state index < -0.39 is 24.8 Å². The summed E-state index contributed by atoms with van der Waals surface area (Å²) in [6.45, 7) is 5.22. The number of anilines is 1. The van der Waals surface area contributed by atoms with Gasteiger partial charge in [0.25, 0.3) is 0 Å². The summed E-state index contributed by atoms with van der Waals surface area (Å²) in [5.74, 6) is -0.816. The van der Waals surface area contributed by atoms with Gasteiger partial charge in [-0.1, -0.05) is 0 Å². The molecule has 0 aromatic heterocycles. The predicted octanol–water partition coefficient (Wildman–Crippen LogP) is 1.24. The molecule has 6 nitrogen and oxygen atoms in total. The number of nitrogens with zero attached hydrogens (tertiary/aromatic N) is 2. The molecule has 0 saturated heterocycles. The molecule has 0 bridgehead atoms. The molecule has 1 aromatic rings. The van der Waals surface area contributed by atoms with Crippen molar-refractivity contribution in [3.63, 3.8) is 0 Å². The van der Waals surface area contributed by atoms with Crippen molar-refractivity contribution >= 4 is 18.9 Å². The monoisotopic (exact) mass is 288 g/mol. The molecule has 1 amide bonds. The second-order valence-corrected chi connectivity index (χ2v) is 5.99. The summed E-state index contributed by atoms with van der Waals surface area (Å²) in [6.07, 6.45) is -0.369. The van der Waals surface area contributed by atoms with Gasteiger partial charge in [0.15, 0.2) is 0 Å². The molecule has 2 rings (SSSR count). The minimum atomic E-state index is -1.68. The number of hydrogen-bond donors (Lipinski definition) is 2. The summed E-state index contributed by atoms with van der Waals surface area (Å²) in [4.78, 5) is 13.6. The van der Waals surface area contributed by atoms with E-state index in [1.807, 2.05) is 6.07 Å². The molecule has 1 aliphatic rings. The molecule has 1 aromatic carbocycles. The SMILES string of the molecule is CC(C)(C)OC(=O)N1c2ccc(C#N)cc2CC1B(O)O. The summed E-state index contributed by atoms with van der Waals surface area (Å²) in [5, 5.41) is 27.9. The second-order valence-electron chi connectivity index (χ2n) is 5.99. The Bertz CT molecular complexity index is 604. The highest BCUT2D eigenvalue weighted by atomic mass is 16.6. The lowest BCUT2D eigenvalue weighted by molar-refractivity contribution is 0.0574. The van der Waals surface area contributed by atoms with Crippen molar-refractivity contribution in [1.29, 1.82) is 5.26 Å². The highest BCUT2D eigenvalue weighted by Crippen LogP contribution is 2.34. The molecule has 7 heteroatoms. The zero-order valence-corrected chi connectivity index (χ0v) is 12.2. The largest absolute Gasteiger partial charge is 0.476 e. The van der Waals surface area contributed by atoms with Crippen LogP contribution in [0.5, 0.6) is 0 Å². The van der Waals surface area contributed by atoms with E-state index in [2.05, 4.69) is 0 Å². The van der Waals surface area contributed by atoms with Crippen LogP contribution in [-0.4, -0.2) is 34.8 Å². The van der Waals surface area contributed by atoms with Gasteiger partial charge >= 0.3 is 13.2 Å². The third kappa shape index (κ3) is 3.18. The number of ether oxygens (including phenoxy) is 1. The van der Waals surface area contributed by atoms with Gasteiger partial charge in [0.2, 0.25) is 0 Å². The Balaban J connectivity index is 2.38. The number of hydrogen-bond acceptors (Lipinski definition) is 5. The van der Waals surface area contributed by atoms with Crippen molar-refractivity contribution in [3.8, 4) is 6.07 Å². The highest BCUT2D eigenvalue weighted by molar-refractivity contribution is 6.45. The fraction of sp³-hybridized carbons (Fsp3) is 0.429. The summed E-state index contributed by atoms with van der Waals surface area (Å²) >= 11 is 0. The Morgan fingerprint density at radius 2 is 2.14 bits per heavy atom. The van der Waals surface area contributed by atoms with Crippen molar-refractivity contribution in [2.75, 3.05) is 4.90 Å². The van der Waals surface area contributed by atoms with E-state index >= 15 is 0 Å². The van der Waals surface area contributed by atoms with Gasteiger partial charge in [-0.05, 0) is 51.0 Å². The Hall–Kier alpha value is -2.04. The van der Waals surface area contributed by atoms with Gasteiger partial charge in [0.1, 0.15) is 5.60 Å². The van der Waals surface area contributed by atoms with E-state index in [1.165, 1.54) is 4.90 Å². The van der Waals surface area contributed by atoms with Crippen molar-refractivity contribution < 1.29 is 19.6 Å². The Morgan fingerprint density at radius 1 is 1.48 bits per heavy atom. The first kappa shape index (κ1) is 15.4. The van der Waals surface area contributed by atoms with E-state index in [9.17, 15) is 14.8 Å². The molecule has 1 heterocycles. The van der Waals surface area contributed by atoms with Crippen LogP contribution in [0.3, 0.4) is 0 Å². The molecule has 2 N–H and O–H groups in total. The summed E-state index contributed by atoms with van der Waals surface area (Å²) in [5.41, 5.74) is 1.04. The molecule has 21 heavy (non-hydrogen) atoms. The van der Waals surface area contributed by atoms with Gasteiger partial charge in [-0.3, -0.25) is 4.90 Å². The Kier molecular flexibility index (Phi) is 3.94. The Labute approximate surface area is 123 Å². The van der Waals surface area contributed by atoms with Crippen molar-refractivity contribution in [2.24, 2.45) is 0 Å². The number of fused-ring (bicyclic) bond motifs is 1. The van der Waals surface area contributed by atoms with E-state index in [1.54, 1.807) is 39.0 Å². The van der Waals surface area contributed by atoms with E-state index in [0.717, 1.165) is 5.56 Å². The van der Waals surface area contributed by atoms with Crippen LogP contribution in [0.25, 0.3) is 0 Å². The van der Waals surface area contributed by atoms with Crippen LogP contribution >= 0.6 is 0 Å². The van der Waals surface area contributed by atoms with E-state index in [0.29, 0.717) is 11.3 Å². The highest BCUT2D eigenvalue weighted by Gasteiger charge is 2.42. The fourth-order valence-corrected chi connectivity index (χ4v) is 2.33. The molecule has 1 atom stereocenters. The van der Waals surface area contributed by atoms with E-state index in [4.69, 9.17) is 10.00 Å². The van der Waals surface area contributed by atoms with Crippen LogP contribution in [0, 0.1) is 11.3 Å². The first-order chi connectivity index (χ1) is 9.73. The minimum Gasteiger partial charge on any atom is -0.443 e. The molecular formula is C14H17BN2O4. The minimum absolute atomic E-state index is 0.266. The average molecular weight is 288 g/mol. The maximum atomic E-state index is 12.3. The first-order valence-electron chi connectivity index (χ1n) is 6.64. The number of carbonyl (C=O) groups is 1. The van der Waals surface area contributed by atoms with Gasteiger partial charge in [0.05, 0.1) is 23.3 Å². The van der Waals surface area contributed by atoms with Crippen LogP contribution in [0.2, 0.25) is 0 Å². The maximum Gasteiger partial charge on any atom is 0.476 e. The van der Waals surface area contributed by atoms with Crippen LogP contribution in [0.1, 0.15) is 31.9 Å². The van der Waals surface area contributed by atoms with Crippen LogP contribution < -0.4 is 4.90 Å². The zero-order chi connectivity index (χ0) is 15.8. The molecule has 0 aliphatic carbocycles. The molecule has 1 aliphatic heterocycles. The summed E-state index contributed by atoms with van der Waals surface area (Å²) in [7, 11) is -1.68. The summed E-state index contributed by atoms with van der Waals surface area (Å²) in [6, 6.07) is 6.88. The van der Waals surface area contributed by atoms with Gasteiger partial charge in [-0.15, -0.1) is 0 Å². The first-order valence-corrected chi connectivity index (χ1v) is 6.64. The third-order valence-electron chi connectivity index (χ3n) is 3.16. The number of carbonyl (C=O) groups excluding carboxylic acids is 1. The lowest BCUT2D eigenvalue weighted by Gasteiger charge is -2.28. The van der Waals surface area contributed by atoms with Gasteiger partial charge in [0, 0.05) is 0 Å². The van der Waals surface area contributed by atoms with E-state index in [-0.39, 0.29) is 6.42 Å². The number of nitriles is 1. The molecule has 0 spiro atoms. The second kappa shape index (κ2) is 5.39. The van der Waals surface area contributed by atoms with Crippen LogP contribution in [0.15, 0.2) is 18.2 Å². The quantitative estimate of drug-likeness (QED) is 0.758. The molecule has 110 valence electrons. The summed E-state index contributed by atoms with van der Waals surface area (Å²) < 4.78 is 5.32. The molecular weight excluding hydrogens is 271 g/mol. The molecule has 1 unspecified atom stereocenters. The standard InChI is InChI=1S/C14H17BN2O4/c1-14(2,3)21-13(18)17-11-5-4-9(8-16)6-10(11)7-12(17)15(19)20/h4-6,12,19-20H,7H2,1-3H3.